The van der Waals surface area contributed by atoms with Crippen molar-refractivity contribution in [2.75, 3.05) is 5.73 Å². The van der Waals surface area contributed by atoms with Gasteiger partial charge in [-0.2, -0.15) is 0 Å². The zero-order chi connectivity index (χ0) is 15.0. The van der Waals surface area contributed by atoms with Crippen LogP contribution in [0.2, 0.25) is 0 Å². The number of benzene rings is 2. The van der Waals surface area contributed by atoms with Crippen molar-refractivity contribution in [2.24, 2.45) is 0 Å². The van der Waals surface area contributed by atoms with Crippen LogP contribution in [0.4, 0.5) is 10.3 Å². The summed E-state index contributed by atoms with van der Waals surface area (Å²) in [6, 6.07) is 12.1. The minimum Gasteiger partial charge on any atom is -0.367 e. The summed E-state index contributed by atoms with van der Waals surface area (Å²) in [4.78, 5) is 0. The van der Waals surface area contributed by atoms with Gasteiger partial charge in [-0.15, -0.1) is 0 Å². The van der Waals surface area contributed by atoms with Crippen LogP contribution >= 0.6 is 22.6 Å². The fourth-order valence-corrected chi connectivity index (χ4v) is 2.83. The van der Waals surface area contributed by atoms with E-state index in [-0.39, 0.29) is 11.7 Å². The lowest BCUT2D eigenvalue weighted by molar-refractivity contribution is 0.439. The largest absolute Gasteiger partial charge is 0.367 e. The topological polar surface area (TPSA) is 52.0 Å². The van der Waals surface area contributed by atoms with Crippen molar-refractivity contribution in [3.8, 4) is 22.4 Å². The van der Waals surface area contributed by atoms with Crippen LogP contribution in [0.1, 0.15) is 5.56 Å². The van der Waals surface area contributed by atoms with Gasteiger partial charge in [0.15, 0.2) is 0 Å². The van der Waals surface area contributed by atoms with E-state index in [0.717, 1.165) is 20.3 Å². The molecule has 0 aliphatic rings. The number of anilines is 1. The quantitative estimate of drug-likeness (QED) is 0.645. The molecule has 0 saturated heterocycles. The Morgan fingerprint density at radius 2 is 1.86 bits per heavy atom. The summed E-state index contributed by atoms with van der Waals surface area (Å²) in [5, 5.41) is 4.09. The number of rotatable bonds is 2. The van der Waals surface area contributed by atoms with Crippen LogP contribution in [0.3, 0.4) is 0 Å². The SMILES string of the molecule is Cc1cccc(-c2noc(N)c2-c2ccc(F)cc2)c1I. The van der Waals surface area contributed by atoms with Crippen molar-refractivity contribution < 1.29 is 8.91 Å². The van der Waals surface area contributed by atoms with Gasteiger partial charge in [-0.25, -0.2) is 4.39 Å². The molecule has 0 bridgehead atoms. The summed E-state index contributed by atoms with van der Waals surface area (Å²) in [6.45, 7) is 2.03. The molecule has 0 amide bonds. The Morgan fingerprint density at radius 3 is 2.57 bits per heavy atom. The molecule has 3 rings (SSSR count). The monoisotopic (exact) mass is 394 g/mol. The fraction of sp³-hybridized carbons (Fsp3) is 0.0625. The molecule has 2 N–H and O–H groups in total. The van der Waals surface area contributed by atoms with E-state index in [1.807, 2.05) is 25.1 Å². The summed E-state index contributed by atoms with van der Waals surface area (Å²) in [6.07, 6.45) is 0. The molecule has 3 aromatic rings. The molecule has 0 unspecified atom stereocenters. The predicted octanol–water partition coefficient (Wildman–Crippen LogP) is 4.64. The molecular formula is C16H12FIN2O. The maximum atomic E-state index is 13.1. The summed E-state index contributed by atoms with van der Waals surface area (Å²) in [7, 11) is 0. The zero-order valence-electron chi connectivity index (χ0n) is 11.2. The van der Waals surface area contributed by atoms with Crippen molar-refractivity contribution in [3.63, 3.8) is 0 Å². The second kappa shape index (κ2) is 5.48. The third-order valence-corrected chi connectivity index (χ3v) is 4.73. The van der Waals surface area contributed by atoms with Crippen LogP contribution in [0.15, 0.2) is 47.0 Å². The van der Waals surface area contributed by atoms with Gasteiger partial charge in [0.2, 0.25) is 5.88 Å². The maximum Gasteiger partial charge on any atom is 0.230 e. The highest BCUT2D eigenvalue weighted by Crippen LogP contribution is 2.38. The number of hydrogen-bond acceptors (Lipinski definition) is 3. The Labute approximate surface area is 135 Å². The van der Waals surface area contributed by atoms with E-state index >= 15 is 0 Å². The first-order chi connectivity index (χ1) is 10.1. The Hall–Kier alpha value is -1.89. The molecule has 1 aromatic heterocycles. The molecule has 0 spiro atoms. The Bertz CT molecular complexity index is 797. The molecule has 3 nitrogen and oxygen atoms in total. The van der Waals surface area contributed by atoms with Gasteiger partial charge in [-0.1, -0.05) is 35.5 Å². The number of nitrogen functional groups attached to an aromatic ring is 1. The number of aromatic nitrogens is 1. The molecule has 0 aliphatic heterocycles. The third kappa shape index (κ3) is 2.53. The average molecular weight is 394 g/mol. The first-order valence-corrected chi connectivity index (χ1v) is 7.42. The highest BCUT2D eigenvalue weighted by atomic mass is 127. The fourth-order valence-electron chi connectivity index (χ4n) is 2.21. The summed E-state index contributed by atoms with van der Waals surface area (Å²) in [5.74, 6) is -0.0608. The molecule has 0 radical (unpaired) electrons. The maximum absolute atomic E-state index is 13.1. The van der Waals surface area contributed by atoms with Crippen LogP contribution in [0.5, 0.6) is 0 Å². The van der Waals surface area contributed by atoms with E-state index in [1.54, 1.807) is 12.1 Å². The van der Waals surface area contributed by atoms with Crippen LogP contribution in [0, 0.1) is 16.3 Å². The standard InChI is InChI=1S/C16H12FIN2O/c1-9-3-2-4-12(14(9)18)15-13(16(19)21-20-15)10-5-7-11(17)8-6-10/h2-8H,19H2,1H3. The average Bonchev–Trinajstić information content (AvgIpc) is 2.85. The number of nitrogens with zero attached hydrogens (tertiary/aromatic N) is 1. The Kier molecular flexibility index (Phi) is 3.67. The molecule has 0 saturated carbocycles. The van der Waals surface area contributed by atoms with Gasteiger partial charge in [-0.3, -0.25) is 0 Å². The van der Waals surface area contributed by atoms with Crippen LogP contribution in [-0.4, -0.2) is 5.16 Å². The van der Waals surface area contributed by atoms with Crippen molar-refractivity contribution >= 4 is 28.5 Å². The van der Waals surface area contributed by atoms with Gasteiger partial charge >= 0.3 is 0 Å². The predicted molar refractivity (Wildman–Crippen MR) is 89.2 cm³/mol. The minimum absolute atomic E-state index is 0.230. The van der Waals surface area contributed by atoms with Crippen LogP contribution < -0.4 is 5.73 Å². The van der Waals surface area contributed by atoms with Crippen LogP contribution in [0.25, 0.3) is 22.4 Å². The molecule has 5 heteroatoms. The number of halogens is 2. The van der Waals surface area contributed by atoms with E-state index in [2.05, 4.69) is 27.7 Å². The molecule has 106 valence electrons. The van der Waals surface area contributed by atoms with Gasteiger partial charge in [0, 0.05) is 9.13 Å². The van der Waals surface area contributed by atoms with Crippen molar-refractivity contribution in [1.82, 2.24) is 5.16 Å². The summed E-state index contributed by atoms with van der Waals surface area (Å²) < 4.78 is 19.3. The van der Waals surface area contributed by atoms with E-state index in [9.17, 15) is 4.39 Å². The normalized spacial score (nSPS) is 10.8. The van der Waals surface area contributed by atoms with Gasteiger partial charge < -0.3 is 10.3 Å². The number of hydrogen-bond donors (Lipinski definition) is 1. The van der Waals surface area contributed by atoms with E-state index < -0.39 is 0 Å². The smallest absolute Gasteiger partial charge is 0.230 e. The van der Waals surface area contributed by atoms with Gasteiger partial charge in [0.05, 0.1) is 5.56 Å². The third-order valence-electron chi connectivity index (χ3n) is 3.30. The summed E-state index contributed by atoms with van der Waals surface area (Å²) in [5.41, 5.74) is 10.2. The lowest BCUT2D eigenvalue weighted by Crippen LogP contribution is -1.91. The summed E-state index contributed by atoms with van der Waals surface area (Å²) >= 11 is 2.28. The van der Waals surface area contributed by atoms with Crippen molar-refractivity contribution in [3.05, 3.63) is 57.4 Å². The van der Waals surface area contributed by atoms with Crippen molar-refractivity contribution in [2.45, 2.75) is 6.92 Å². The van der Waals surface area contributed by atoms with Crippen LogP contribution in [-0.2, 0) is 0 Å². The molecule has 2 aromatic carbocycles. The number of nitrogens with two attached hydrogens (primary N) is 1. The molecule has 0 atom stereocenters. The number of aryl methyl sites for hydroxylation is 1. The Balaban J connectivity index is 2.22. The van der Waals surface area contributed by atoms with Gasteiger partial charge in [0.25, 0.3) is 0 Å². The molecule has 0 fully saturated rings. The zero-order valence-corrected chi connectivity index (χ0v) is 13.4. The highest BCUT2D eigenvalue weighted by molar-refractivity contribution is 14.1. The molecule has 0 aliphatic carbocycles. The second-order valence-corrected chi connectivity index (χ2v) is 5.79. The lowest BCUT2D eigenvalue weighted by atomic mass is 10.00. The van der Waals surface area contributed by atoms with E-state index in [0.29, 0.717) is 11.3 Å². The molecule has 21 heavy (non-hydrogen) atoms. The second-order valence-electron chi connectivity index (χ2n) is 4.71. The van der Waals surface area contributed by atoms with Gasteiger partial charge in [-0.05, 0) is 52.8 Å². The first-order valence-electron chi connectivity index (χ1n) is 6.34. The first kappa shape index (κ1) is 14.1. The highest BCUT2D eigenvalue weighted by Gasteiger charge is 2.19. The Morgan fingerprint density at radius 1 is 1.14 bits per heavy atom. The molecule has 1 heterocycles. The van der Waals surface area contributed by atoms with E-state index in [4.69, 9.17) is 10.3 Å². The van der Waals surface area contributed by atoms with Gasteiger partial charge in [0.1, 0.15) is 11.5 Å². The van der Waals surface area contributed by atoms with Crippen molar-refractivity contribution in [1.29, 1.82) is 0 Å². The van der Waals surface area contributed by atoms with E-state index in [1.165, 1.54) is 12.1 Å². The minimum atomic E-state index is -0.291. The lowest BCUT2D eigenvalue weighted by Gasteiger charge is -2.07. The molecular weight excluding hydrogens is 382 g/mol.